The van der Waals surface area contributed by atoms with Gasteiger partial charge in [-0.05, 0) is 36.4 Å². The molecule has 4 nitrogen and oxygen atoms in total. The zero-order valence-electron chi connectivity index (χ0n) is 11.7. The summed E-state index contributed by atoms with van der Waals surface area (Å²) in [6.45, 7) is 5.46. The van der Waals surface area contributed by atoms with Gasteiger partial charge in [0.05, 0.1) is 0 Å². The van der Waals surface area contributed by atoms with Crippen LogP contribution in [0, 0.1) is 0 Å². The van der Waals surface area contributed by atoms with Crippen molar-refractivity contribution in [3.8, 4) is 0 Å². The van der Waals surface area contributed by atoms with Crippen molar-refractivity contribution < 1.29 is 9.90 Å². The number of carbonyl (C=O) groups is 1. The molecule has 0 saturated heterocycles. The second kappa shape index (κ2) is 7.92. The Kier molecular flexibility index (Phi) is 6.53. The number of rotatable bonds is 8. The third-order valence-corrected chi connectivity index (χ3v) is 3.43. The lowest BCUT2D eigenvalue weighted by molar-refractivity contribution is -0.138. The molecular weight excluding hydrogens is 240 g/mol. The summed E-state index contributed by atoms with van der Waals surface area (Å²) in [5.74, 6) is -0.369. The van der Waals surface area contributed by atoms with Gasteiger partial charge in [0.2, 0.25) is 0 Å². The van der Waals surface area contributed by atoms with E-state index >= 15 is 0 Å². The van der Waals surface area contributed by atoms with Crippen LogP contribution in [0.15, 0.2) is 24.3 Å². The topological polar surface area (TPSA) is 75.3 Å². The minimum absolute atomic E-state index is 0.306. The fraction of sp³-hybridized carbons (Fsp3) is 0.533. The maximum Gasteiger partial charge on any atom is 0.321 e. The summed E-state index contributed by atoms with van der Waals surface area (Å²) >= 11 is 0. The molecule has 0 aliphatic heterocycles. The molecular formula is C15H24N2O2. The molecule has 19 heavy (non-hydrogen) atoms. The van der Waals surface area contributed by atoms with Crippen LogP contribution in [0.25, 0.3) is 0 Å². The first-order chi connectivity index (χ1) is 9.04. The number of hydrogen-bond acceptors (Lipinski definition) is 3. The van der Waals surface area contributed by atoms with Crippen molar-refractivity contribution >= 4 is 5.97 Å². The molecule has 0 spiro atoms. The van der Waals surface area contributed by atoms with Gasteiger partial charge in [0.25, 0.3) is 0 Å². The lowest BCUT2D eigenvalue weighted by Crippen LogP contribution is -2.40. The van der Waals surface area contributed by atoms with Crippen LogP contribution < -0.4 is 11.1 Å². The first-order valence-corrected chi connectivity index (χ1v) is 6.82. The zero-order valence-corrected chi connectivity index (χ0v) is 11.7. The Balaban J connectivity index is 2.32. The minimum Gasteiger partial charge on any atom is -0.480 e. The molecule has 0 amide bonds. The minimum atomic E-state index is -0.967. The number of aliphatic carboxylic acids is 1. The lowest BCUT2D eigenvalue weighted by Gasteiger charge is -2.11. The summed E-state index contributed by atoms with van der Waals surface area (Å²) in [6.07, 6.45) is 2.03. The van der Waals surface area contributed by atoms with Gasteiger partial charge in [0, 0.05) is 6.54 Å². The van der Waals surface area contributed by atoms with Crippen molar-refractivity contribution in [3.63, 3.8) is 0 Å². The summed E-state index contributed by atoms with van der Waals surface area (Å²) in [4.78, 5) is 10.5. The average molecular weight is 264 g/mol. The normalized spacial score (nSPS) is 14.1. The molecule has 1 aromatic carbocycles. The van der Waals surface area contributed by atoms with Crippen molar-refractivity contribution in [1.29, 1.82) is 0 Å². The van der Waals surface area contributed by atoms with E-state index in [9.17, 15) is 4.79 Å². The maximum absolute atomic E-state index is 10.5. The summed E-state index contributed by atoms with van der Waals surface area (Å²) in [6, 6.07) is 7.80. The predicted molar refractivity (Wildman–Crippen MR) is 77.3 cm³/mol. The average Bonchev–Trinajstić information content (AvgIpc) is 2.43. The highest BCUT2D eigenvalue weighted by molar-refractivity contribution is 5.73. The smallest absolute Gasteiger partial charge is 0.321 e. The van der Waals surface area contributed by atoms with Gasteiger partial charge in [-0.2, -0.15) is 0 Å². The van der Waals surface area contributed by atoms with Crippen molar-refractivity contribution in [2.24, 2.45) is 5.73 Å². The highest BCUT2D eigenvalue weighted by Gasteiger charge is 2.09. The predicted octanol–water partition coefficient (Wildman–Crippen LogP) is 1.74. The van der Waals surface area contributed by atoms with Crippen molar-refractivity contribution in [1.82, 2.24) is 5.32 Å². The van der Waals surface area contributed by atoms with Crippen LogP contribution in [-0.4, -0.2) is 30.2 Å². The molecule has 106 valence electrons. The SMILES string of the molecule is CCC(C)c1ccc(CCNCC(N)C(=O)O)cc1. The summed E-state index contributed by atoms with van der Waals surface area (Å²) in [5, 5.41) is 11.7. The van der Waals surface area contributed by atoms with Crippen LogP contribution in [0.1, 0.15) is 37.3 Å². The molecule has 1 rings (SSSR count). The Bertz CT molecular complexity index is 390. The Morgan fingerprint density at radius 3 is 2.53 bits per heavy atom. The molecule has 0 fully saturated rings. The number of nitrogens with one attached hydrogen (secondary N) is 1. The standard InChI is InChI=1S/C15H24N2O2/c1-3-11(2)13-6-4-12(5-7-13)8-9-17-10-14(16)15(18)19/h4-7,11,14,17H,3,8-10,16H2,1-2H3,(H,18,19). The molecule has 0 heterocycles. The molecule has 4 heteroatoms. The highest BCUT2D eigenvalue weighted by atomic mass is 16.4. The largest absolute Gasteiger partial charge is 0.480 e. The van der Waals surface area contributed by atoms with Crippen LogP contribution in [0.5, 0.6) is 0 Å². The zero-order chi connectivity index (χ0) is 14.3. The van der Waals surface area contributed by atoms with E-state index in [0.717, 1.165) is 19.4 Å². The van der Waals surface area contributed by atoms with E-state index < -0.39 is 12.0 Å². The van der Waals surface area contributed by atoms with E-state index in [1.54, 1.807) is 0 Å². The first-order valence-electron chi connectivity index (χ1n) is 6.82. The molecule has 0 aromatic heterocycles. The van der Waals surface area contributed by atoms with Crippen LogP contribution >= 0.6 is 0 Å². The summed E-state index contributed by atoms with van der Waals surface area (Å²) in [7, 11) is 0. The Morgan fingerprint density at radius 2 is 2.00 bits per heavy atom. The van der Waals surface area contributed by atoms with E-state index in [1.807, 2.05) is 0 Å². The number of nitrogens with two attached hydrogens (primary N) is 1. The fourth-order valence-electron chi connectivity index (χ4n) is 1.83. The molecule has 0 aliphatic carbocycles. The lowest BCUT2D eigenvalue weighted by atomic mass is 9.97. The van der Waals surface area contributed by atoms with Gasteiger partial charge < -0.3 is 16.2 Å². The van der Waals surface area contributed by atoms with Crippen LogP contribution in [0.4, 0.5) is 0 Å². The van der Waals surface area contributed by atoms with E-state index in [1.165, 1.54) is 11.1 Å². The van der Waals surface area contributed by atoms with Gasteiger partial charge in [0.15, 0.2) is 0 Å². The number of benzene rings is 1. The number of hydrogen-bond donors (Lipinski definition) is 3. The Morgan fingerprint density at radius 1 is 1.37 bits per heavy atom. The van der Waals surface area contributed by atoms with Gasteiger partial charge in [0.1, 0.15) is 6.04 Å². The number of carboxylic acid groups (broad SMARTS) is 1. The van der Waals surface area contributed by atoms with E-state index in [-0.39, 0.29) is 0 Å². The first kappa shape index (κ1) is 15.7. The summed E-state index contributed by atoms with van der Waals surface area (Å²) in [5.41, 5.74) is 8.02. The molecule has 1 aromatic rings. The molecule has 2 unspecified atom stereocenters. The highest BCUT2D eigenvalue weighted by Crippen LogP contribution is 2.18. The number of carboxylic acids is 1. The monoisotopic (exact) mass is 264 g/mol. The molecule has 0 saturated carbocycles. The molecule has 0 aliphatic rings. The van der Waals surface area contributed by atoms with Gasteiger partial charge in [-0.3, -0.25) is 4.79 Å². The Labute approximate surface area is 115 Å². The van der Waals surface area contributed by atoms with Crippen molar-refractivity contribution in [2.45, 2.75) is 38.6 Å². The summed E-state index contributed by atoms with van der Waals surface area (Å²) < 4.78 is 0. The van der Waals surface area contributed by atoms with Crippen LogP contribution in [-0.2, 0) is 11.2 Å². The van der Waals surface area contributed by atoms with Gasteiger partial charge >= 0.3 is 5.97 Å². The van der Waals surface area contributed by atoms with Crippen molar-refractivity contribution in [3.05, 3.63) is 35.4 Å². The van der Waals surface area contributed by atoms with E-state index in [2.05, 4.69) is 43.4 Å². The third kappa shape index (κ3) is 5.41. The van der Waals surface area contributed by atoms with Gasteiger partial charge in [-0.1, -0.05) is 38.1 Å². The van der Waals surface area contributed by atoms with E-state index in [0.29, 0.717) is 12.5 Å². The Hall–Kier alpha value is -1.39. The fourth-order valence-corrected chi connectivity index (χ4v) is 1.83. The van der Waals surface area contributed by atoms with Crippen LogP contribution in [0.2, 0.25) is 0 Å². The second-order valence-electron chi connectivity index (χ2n) is 4.95. The molecule has 0 radical (unpaired) electrons. The van der Waals surface area contributed by atoms with Gasteiger partial charge in [-0.15, -0.1) is 0 Å². The van der Waals surface area contributed by atoms with E-state index in [4.69, 9.17) is 10.8 Å². The molecule has 0 bridgehead atoms. The third-order valence-electron chi connectivity index (χ3n) is 3.43. The maximum atomic E-state index is 10.5. The molecule has 2 atom stereocenters. The van der Waals surface area contributed by atoms with Crippen molar-refractivity contribution in [2.75, 3.05) is 13.1 Å². The molecule has 4 N–H and O–H groups in total. The van der Waals surface area contributed by atoms with Gasteiger partial charge in [-0.25, -0.2) is 0 Å². The quantitative estimate of drug-likeness (QED) is 0.625. The van der Waals surface area contributed by atoms with Crippen LogP contribution in [0.3, 0.4) is 0 Å². The second-order valence-corrected chi connectivity index (χ2v) is 4.95.